The van der Waals surface area contributed by atoms with Crippen LogP contribution in [-0.4, -0.2) is 84.2 Å². The van der Waals surface area contributed by atoms with Crippen molar-refractivity contribution in [3.8, 4) is 11.5 Å². The molecule has 0 aliphatic rings. The molecule has 0 spiro atoms. The molecule has 0 amide bonds. The van der Waals surface area contributed by atoms with Crippen LogP contribution in [0.4, 0.5) is 0 Å². The fraction of sp³-hybridized carbons (Fsp3) is 0.500. The Bertz CT molecular complexity index is 878. The second kappa shape index (κ2) is 13.2. The molecule has 2 rings (SSSR count). The number of phenolic OH excluding ortho intramolecular Hbond substituents is 2. The van der Waals surface area contributed by atoms with Crippen LogP contribution in [0.2, 0.25) is 0 Å². The molecule has 0 bridgehead atoms. The Morgan fingerprint density at radius 2 is 1.03 bits per heavy atom. The van der Waals surface area contributed by atoms with Gasteiger partial charge in [-0.15, -0.1) is 0 Å². The van der Waals surface area contributed by atoms with E-state index in [1.165, 1.54) is 11.8 Å². The third-order valence-corrected chi connectivity index (χ3v) is 9.94. The second-order valence-electron chi connectivity index (χ2n) is 8.49. The van der Waals surface area contributed by atoms with Gasteiger partial charge in [-0.05, 0) is 47.5 Å². The van der Waals surface area contributed by atoms with Gasteiger partial charge in [-0.1, -0.05) is 11.8 Å². The van der Waals surface area contributed by atoms with Crippen LogP contribution in [0.3, 0.4) is 0 Å². The van der Waals surface area contributed by atoms with Crippen molar-refractivity contribution in [3.05, 3.63) is 47.5 Å². The van der Waals surface area contributed by atoms with Crippen molar-refractivity contribution in [3.63, 3.8) is 0 Å². The average Bonchev–Trinajstić information content (AvgIpc) is 2.87. The van der Waals surface area contributed by atoms with Gasteiger partial charge in [0.05, 0.1) is 32.7 Å². The van der Waals surface area contributed by atoms with Crippen LogP contribution < -0.4 is 0 Å². The van der Waals surface area contributed by atoms with Crippen LogP contribution in [0.15, 0.2) is 46.2 Å². The van der Waals surface area contributed by atoms with Crippen molar-refractivity contribution >= 4 is 32.2 Å². The third kappa shape index (κ3) is 7.78. The quantitative estimate of drug-likeness (QED) is 0.275. The number of benzene rings is 2. The summed E-state index contributed by atoms with van der Waals surface area (Å²) in [6.07, 6.45) is 0.176. The van der Waals surface area contributed by atoms with Crippen LogP contribution in [0.1, 0.15) is 36.2 Å². The van der Waals surface area contributed by atoms with Crippen molar-refractivity contribution in [1.82, 2.24) is 0 Å². The SMILES string of the molecule is COC(CC([SiH3])(OC)OC)c1cc(O)ccc1Sc1ccc(O)cc1C(CC([SiH3])(OC)OC)OC. The highest BCUT2D eigenvalue weighted by Crippen LogP contribution is 2.43. The number of rotatable bonds is 14. The van der Waals surface area contributed by atoms with E-state index in [-0.39, 0.29) is 23.7 Å². The van der Waals surface area contributed by atoms with E-state index in [1.807, 2.05) is 12.1 Å². The highest BCUT2D eigenvalue weighted by Gasteiger charge is 2.32. The molecule has 8 nitrogen and oxygen atoms in total. The Labute approximate surface area is 218 Å². The highest BCUT2D eigenvalue weighted by molar-refractivity contribution is 7.99. The molecule has 0 fully saturated rings. The topological polar surface area (TPSA) is 95.8 Å². The van der Waals surface area contributed by atoms with E-state index in [9.17, 15) is 10.2 Å². The van der Waals surface area contributed by atoms with E-state index in [1.54, 1.807) is 66.9 Å². The van der Waals surface area contributed by atoms with Gasteiger partial charge >= 0.3 is 0 Å². The first-order valence-electron chi connectivity index (χ1n) is 11.2. The Morgan fingerprint density at radius 1 is 0.686 bits per heavy atom. The smallest absolute Gasteiger partial charge is 0.143 e. The predicted molar refractivity (Wildman–Crippen MR) is 142 cm³/mol. The Balaban J connectivity index is 2.51. The van der Waals surface area contributed by atoms with E-state index < -0.39 is 10.8 Å². The van der Waals surface area contributed by atoms with Gasteiger partial charge in [0.15, 0.2) is 0 Å². The van der Waals surface area contributed by atoms with Crippen molar-refractivity contribution < 1.29 is 38.6 Å². The van der Waals surface area contributed by atoms with Gasteiger partial charge in [0.1, 0.15) is 22.3 Å². The van der Waals surface area contributed by atoms with E-state index in [0.29, 0.717) is 33.3 Å². The highest BCUT2D eigenvalue weighted by atomic mass is 32.2. The Hall–Kier alpha value is -1.42. The molecule has 11 heteroatoms. The Morgan fingerprint density at radius 3 is 1.31 bits per heavy atom. The van der Waals surface area contributed by atoms with Gasteiger partial charge in [0.2, 0.25) is 0 Å². The zero-order chi connectivity index (χ0) is 26.2. The standard InChI is InChI=1S/C24H38O8SSi2/c1-27-19(13-23(34,29-3)30-4)17-11-15(25)7-9-21(17)33-22-10-8-16(26)12-18(22)20(28-2)14-24(35,31-5)32-6/h7-12,19-20,25-26H,13-14H2,1-6,34-35H3. The van der Waals surface area contributed by atoms with E-state index in [2.05, 4.69) is 0 Å². The second-order valence-corrected chi connectivity index (χ2v) is 12.6. The maximum Gasteiger partial charge on any atom is 0.143 e. The summed E-state index contributed by atoms with van der Waals surface area (Å²) in [5, 5.41) is 20.5. The lowest BCUT2D eigenvalue weighted by molar-refractivity contribution is -0.164. The minimum atomic E-state index is -0.729. The van der Waals surface area contributed by atoms with E-state index in [4.69, 9.17) is 28.4 Å². The molecule has 0 aliphatic carbocycles. The predicted octanol–water partition coefficient (Wildman–Crippen LogP) is 2.03. The van der Waals surface area contributed by atoms with Crippen molar-refractivity contribution in [2.75, 3.05) is 42.7 Å². The van der Waals surface area contributed by atoms with Crippen molar-refractivity contribution in [2.24, 2.45) is 0 Å². The fourth-order valence-corrected chi connectivity index (χ4v) is 5.56. The number of hydrogen-bond acceptors (Lipinski definition) is 9. The summed E-state index contributed by atoms with van der Waals surface area (Å²) in [7, 11) is 11.0. The van der Waals surface area contributed by atoms with Gasteiger partial charge in [-0.3, -0.25) is 0 Å². The van der Waals surface area contributed by atoms with Crippen LogP contribution in [0.25, 0.3) is 0 Å². The first kappa shape index (κ1) is 29.8. The molecule has 2 atom stereocenters. The van der Waals surface area contributed by atoms with Gasteiger partial charge in [-0.2, -0.15) is 0 Å². The average molecular weight is 543 g/mol. The fourth-order valence-electron chi connectivity index (χ4n) is 3.69. The summed E-state index contributed by atoms with van der Waals surface area (Å²) in [6.45, 7) is 0. The first-order valence-corrected chi connectivity index (χ1v) is 14.0. The monoisotopic (exact) mass is 542 g/mol. The zero-order valence-electron chi connectivity index (χ0n) is 21.8. The maximum absolute atomic E-state index is 10.3. The number of ether oxygens (including phenoxy) is 6. The summed E-state index contributed by atoms with van der Waals surface area (Å²) in [6, 6.07) is 10.4. The van der Waals surface area contributed by atoms with Gasteiger partial charge in [-0.25, -0.2) is 0 Å². The van der Waals surface area contributed by atoms with E-state index >= 15 is 0 Å². The molecule has 196 valence electrons. The summed E-state index contributed by atoms with van der Waals surface area (Å²) in [5.41, 5.74) is 0.165. The molecule has 2 aromatic rings. The summed E-state index contributed by atoms with van der Waals surface area (Å²) in [5.74, 6) is 0.281. The number of phenols is 2. The first-order chi connectivity index (χ1) is 16.6. The Kier molecular flexibility index (Phi) is 11.3. The molecule has 0 saturated heterocycles. The zero-order valence-corrected chi connectivity index (χ0v) is 26.6. The lowest BCUT2D eigenvalue weighted by atomic mass is 10.0. The normalized spacial score (nSPS) is 14.3. The van der Waals surface area contributed by atoms with Gasteiger partial charge in [0.25, 0.3) is 0 Å². The summed E-state index contributed by atoms with van der Waals surface area (Å²) < 4.78 is 34.1. The maximum atomic E-state index is 10.3. The van der Waals surface area contributed by atoms with Crippen LogP contribution in [0.5, 0.6) is 11.5 Å². The minimum absolute atomic E-state index is 0.141. The van der Waals surface area contributed by atoms with Crippen molar-refractivity contribution in [1.29, 1.82) is 0 Å². The van der Waals surface area contributed by atoms with E-state index in [0.717, 1.165) is 20.9 Å². The molecular formula is C24H38O8SSi2. The van der Waals surface area contributed by atoms with Gasteiger partial charge < -0.3 is 38.6 Å². The lowest BCUT2D eigenvalue weighted by Crippen LogP contribution is -2.36. The van der Waals surface area contributed by atoms with Crippen LogP contribution >= 0.6 is 11.8 Å². The van der Waals surface area contributed by atoms with Crippen molar-refractivity contribution in [2.45, 2.75) is 45.7 Å². The molecule has 0 aliphatic heterocycles. The molecule has 2 aromatic carbocycles. The third-order valence-electron chi connectivity index (χ3n) is 6.31. The molecule has 2 unspecified atom stereocenters. The molecule has 0 heterocycles. The minimum Gasteiger partial charge on any atom is -0.508 e. The molecule has 0 radical (unpaired) electrons. The summed E-state index contributed by atoms with van der Waals surface area (Å²) >= 11 is 1.51. The molecule has 0 saturated carbocycles. The number of hydrogen-bond donors (Lipinski definition) is 2. The van der Waals surface area contributed by atoms with Gasteiger partial charge in [0, 0.05) is 65.3 Å². The van der Waals surface area contributed by atoms with Crippen LogP contribution in [-0.2, 0) is 28.4 Å². The molecule has 0 aromatic heterocycles. The number of methoxy groups -OCH3 is 6. The molecular weight excluding hydrogens is 504 g/mol. The largest absolute Gasteiger partial charge is 0.508 e. The number of aromatic hydroxyl groups is 2. The lowest BCUT2D eigenvalue weighted by Gasteiger charge is -2.32. The molecule has 2 N–H and O–H groups in total. The summed E-state index contributed by atoms with van der Waals surface area (Å²) in [4.78, 5) is 1.78. The van der Waals surface area contributed by atoms with Crippen LogP contribution in [0, 0.1) is 0 Å². The molecule has 35 heavy (non-hydrogen) atoms.